The molecule has 34 heavy (non-hydrogen) atoms. The molecule has 174 valence electrons. The van der Waals surface area contributed by atoms with E-state index in [2.05, 4.69) is 26.3 Å². The Morgan fingerprint density at radius 1 is 1.03 bits per heavy atom. The highest BCUT2D eigenvalue weighted by atomic mass is 79.9. The average molecular weight is 580 g/mol. The number of anilines is 1. The molecule has 0 saturated carbocycles. The average Bonchev–Trinajstić information content (AvgIpc) is 3.14. The Morgan fingerprint density at radius 2 is 1.85 bits per heavy atom. The van der Waals surface area contributed by atoms with Crippen molar-refractivity contribution in [1.82, 2.24) is 9.78 Å². The minimum atomic E-state index is -0.273. The number of hydrogen-bond acceptors (Lipinski definition) is 3. The summed E-state index contributed by atoms with van der Waals surface area (Å²) in [6.45, 7) is 2.73. The molecule has 1 amide bonds. The molecule has 0 fully saturated rings. The van der Waals surface area contributed by atoms with Crippen LogP contribution in [0.5, 0.6) is 5.75 Å². The first-order chi connectivity index (χ1) is 16.3. The van der Waals surface area contributed by atoms with E-state index in [0.29, 0.717) is 44.1 Å². The maximum absolute atomic E-state index is 12.9. The number of ether oxygens (including phenoxy) is 1. The van der Waals surface area contributed by atoms with Gasteiger partial charge in [-0.15, -0.1) is 0 Å². The Hall–Kier alpha value is -2.51. The zero-order valence-electron chi connectivity index (χ0n) is 18.0. The van der Waals surface area contributed by atoms with Gasteiger partial charge in [0.15, 0.2) is 5.82 Å². The lowest BCUT2D eigenvalue weighted by atomic mass is 10.1. The molecule has 0 radical (unpaired) electrons. The van der Waals surface area contributed by atoms with Crippen molar-refractivity contribution < 1.29 is 9.53 Å². The molecule has 0 atom stereocenters. The van der Waals surface area contributed by atoms with Gasteiger partial charge in [-0.1, -0.05) is 53.0 Å². The van der Waals surface area contributed by atoms with Crippen LogP contribution in [0.1, 0.15) is 27.0 Å². The number of aryl methyl sites for hydroxylation is 1. The van der Waals surface area contributed by atoms with Crippen molar-refractivity contribution >= 4 is 62.5 Å². The van der Waals surface area contributed by atoms with Crippen molar-refractivity contribution in [1.29, 1.82) is 0 Å². The van der Waals surface area contributed by atoms with Crippen LogP contribution in [-0.2, 0) is 13.2 Å². The third-order valence-electron chi connectivity index (χ3n) is 5.00. The number of benzene rings is 3. The number of hydrogen-bond donors (Lipinski definition) is 1. The van der Waals surface area contributed by atoms with Gasteiger partial charge in [0.05, 0.1) is 21.1 Å². The van der Waals surface area contributed by atoms with Gasteiger partial charge in [-0.05, 0) is 82.0 Å². The molecule has 0 unspecified atom stereocenters. The van der Waals surface area contributed by atoms with Crippen molar-refractivity contribution in [2.45, 2.75) is 20.1 Å². The third kappa shape index (κ3) is 6.13. The van der Waals surface area contributed by atoms with Crippen LogP contribution < -0.4 is 10.1 Å². The lowest BCUT2D eigenvalue weighted by Gasteiger charge is -2.10. The van der Waals surface area contributed by atoms with Gasteiger partial charge >= 0.3 is 0 Å². The fraction of sp³-hybridized carbons (Fsp3) is 0.120. The van der Waals surface area contributed by atoms with Crippen molar-refractivity contribution in [3.8, 4) is 5.75 Å². The molecular weight excluding hydrogens is 561 g/mol. The third-order valence-corrected chi connectivity index (χ3v) is 6.55. The lowest BCUT2D eigenvalue weighted by molar-refractivity contribution is 0.102. The molecule has 1 aromatic heterocycles. The van der Waals surface area contributed by atoms with E-state index in [1.807, 2.05) is 37.3 Å². The molecule has 3 aromatic carbocycles. The summed E-state index contributed by atoms with van der Waals surface area (Å²) in [5, 5.41) is 8.95. The number of nitrogens with zero attached hydrogens (tertiary/aromatic N) is 2. The zero-order chi connectivity index (χ0) is 24.2. The van der Waals surface area contributed by atoms with Gasteiger partial charge in [0.2, 0.25) is 0 Å². The molecule has 0 aliphatic rings. The Morgan fingerprint density at radius 3 is 2.62 bits per heavy atom. The van der Waals surface area contributed by atoms with E-state index in [4.69, 9.17) is 39.5 Å². The first-order valence-corrected chi connectivity index (χ1v) is 12.2. The van der Waals surface area contributed by atoms with Crippen LogP contribution in [0.25, 0.3) is 0 Å². The Bertz CT molecular complexity index is 1360. The molecule has 0 aliphatic heterocycles. The maximum atomic E-state index is 12.9. The SMILES string of the molecule is Cc1cc(Cl)ccc1OCc1cccc(C(=O)Nc2nn(Cc3ccc(Cl)c(Cl)c3)cc2Br)c1. The second kappa shape index (κ2) is 10.8. The first kappa shape index (κ1) is 24.6. The summed E-state index contributed by atoms with van der Waals surface area (Å²) < 4.78 is 8.27. The van der Waals surface area contributed by atoms with Crippen molar-refractivity contribution in [2.24, 2.45) is 0 Å². The van der Waals surface area contributed by atoms with E-state index in [9.17, 15) is 4.79 Å². The van der Waals surface area contributed by atoms with Crippen molar-refractivity contribution in [2.75, 3.05) is 5.32 Å². The normalized spacial score (nSPS) is 10.9. The van der Waals surface area contributed by atoms with Crippen LogP contribution in [0.3, 0.4) is 0 Å². The minimum Gasteiger partial charge on any atom is -0.489 e. The predicted octanol–water partition coefficient (Wildman–Crippen LogP) is 7.79. The zero-order valence-corrected chi connectivity index (χ0v) is 21.8. The molecule has 0 spiro atoms. The topological polar surface area (TPSA) is 56.1 Å². The first-order valence-electron chi connectivity index (χ1n) is 10.2. The van der Waals surface area contributed by atoms with Gasteiger partial charge in [-0.2, -0.15) is 5.10 Å². The van der Waals surface area contributed by atoms with E-state index >= 15 is 0 Å². The fourth-order valence-electron chi connectivity index (χ4n) is 3.31. The summed E-state index contributed by atoms with van der Waals surface area (Å²) in [5.74, 6) is 0.893. The number of nitrogens with one attached hydrogen (secondary N) is 1. The van der Waals surface area contributed by atoms with Crippen LogP contribution in [0.15, 0.2) is 71.3 Å². The molecule has 0 bridgehead atoms. The monoisotopic (exact) mass is 577 g/mol. The van der Waals surface area contributed by atoms with E-state index < -0.39 is 0 Å². The summed E-state index contributed by atoms with van der Waals surface area (Å²) >= 11 is 21.5. The molecule has 1 heterocycles. The molecule has 4 aromatic rings. The highest BCUT2D eigenvalue weighted by Gasteiger charge is 2.13. The second-order valence-corrected chi connectivity index (χ2v) is 9.73. The number of carbonyl (C=O) groups excluding carboxylic acids is 1. The lowest BCUT2D eigenvalue weighted by Crippen LogP contribution is -2.13. The summed E-state index contributed by atoms with van der Waals surface area (Å²) in [4.78, 5) is 12.9. The van der Waals surface area contributed by atoms with Crippen LogP contribution in [-0.4, -0.2) is 15.7 Å². The molecule has 0 saturated heterocycles. The van der Waals surface area contributed by atoms with Gasteiger partial charge in [0.25, 0.3) is 5.91 Å². The van der Waals surface area contributed by atoms with E-state index in [1.54, 1.807) is 41.2 Å². The number of aromatic nitrogens is 2. The van der Waals surface area contributed by atoms with Crippen LogP contribution in [0.2, 0.25) is 15.1 Å². The van der Waals surface area contributed by atoms with Gasteiger partial charge in [-0.25, -0.2) is 0 Å². The summed E-state index contributed by atoms with van der Waals surface area (Å²) in [6, 6.07) is 18.1. The minimum absolute atomic E-state index is 0.273. The number of carbonyl (C=O) groups is 1. The highest BCUT2D eigenvalue weighted by molar-refractivity contribution is 9.10. The van der Waals surface area contributed by atoms with Crippen molar-refractivity contribution in [3.63, 3.8) is 0 Å². The van der Waals surface area contributed by atoms with Gasteiger partial charge in [0.1, 0.15) is 12.4 Å². The standard InChI is InChI=1S/C25H19BrCl3N3O2/c1-15-9-19(27)6-8-23(15)34-14-17-3-2-4-18(10-17)25(33)30-24-20(26)13-32(31-24)12-16-5-7-21(28)22(29)11-16/h2-11,13H,12,14H2,1H3,(H,30,31,33). The summed E-state index contributed by atoms with van der Waals surface area (Å²) in [6.07, 6.45) is 1.79. The fourth-order valence-corrected chi connectivity index (χ4v) is 4.27. The van der Waals surface area contributed by atoms with Crippen molar-refractivity contribution in [3.05, 3.63) is 109 Å². The van der Waals surface area contributed by atoms with E-state index in [1.165, 1.54) is 0 Å². The number of rotatable bonds is 7. The summed E-state index contributed by atoms with van der Waals surface area (Å²) in [7, 11) is 0. The number of halogens is 4. The van der Waals surface area contributed by atoms with E-state index in [-0.39, 0.29) is 5.91 Å². The van der Waals surface area contributed by atoms with Crippen LogP contribution in [0.4, 0.5) is 5.82 Å². The van der Waals surface area contributed by atoms with Crippen LogP contribution >= 0.6 is 50.7 Å². The van der Waals surface area contributed by atoms with Gasteiger partial charge in [-0.3, -0.25) is 9.48 Å². The molecule has 5 nitrogen and oxygen atoms in total. The number of amides is 1. The maximum Gasteiger partial charge on any atom is 0.256 e. The second-order valence-electron chi connectivity index (χ2n) is 7.62. The highest BCUT2D eigenvalue weighted by Crippen LogP contribution is 2.26. The Labute approximate surface area is 220 Å². The largest absolute Gasteiger partial charge is 0.489 e. The molecule has 4 rings (SSSR count). The molecule has 1 N–H and O–H groups in total. The summed E-state index contributed by atoms with van der Waals surface area (Å²) in [5.41, 5.74) is 3.25. The quantitative estimate of drug-likeness (QED) is 0.243. The Balaban J connectivity index is 1.42. The Kier molecular flexibility index (Phi) is 7.84. The smallest absolute Gasteiger partial charge is 0.256 e. The molecule has 0 aliphatic carbocycles. The molecular formula is C25H19BrCl3N3O2. The van der Waals surface area contributed by atoms with E-state index in [0.717, 1.165) is 22.4 Å². The predicted molar refractivity (Wildman–Crippen MR) is 140 cm³/mol. The van der Waals surface area contributed by atoms with Gasteiger partial charge < -0.3 is 10.1 Å². The van der Waals surface area contributed by atoms with Crippen LogP contribution in [0, 0.1) is 6.92 Å². The molecule has 9 heteroatoms. The van der Waals surface area contributed by atoms with Gasteiger partial charge in [0, 0.05) is 16.8 Å².